The minimum Gasteiger partial charge on any atom is -0.334 e. The molecule has 7 nitrogen and oxygen atoms in total. The molecule has 0 aliphatic rings. The summed E-state index contributed by atoms with van der Waals surface area (Å²) in [6, 6.07) is 12.4. The summed E-state index contributed by atoms with van der Waals surface area (Å²) in [5.41, 5.74) is 2.22. The van der Waals surface area contributed by atoms with E-state index >= 15 is 0 Å². The van der Waals surface area contributed by atoms with Gasteiger partial charge in [0.25, 0.3) is 0 Å². The quantitative estimate of drug-likeness (QED) is 0.642. The van der Waals surface area contributed by atoms with Gasteiger partial charge < -0.3 is 10.6 Å². The maximum absolute atomic E-state index is 12.6. The van der Waals surface area contributed by atoms with Crippen molar-refractivity contribution in [3.05, 3.63) is 72.1 Å². The van der Waals surface area contributed by atoms with Gasteiger partial charge in [0.2, 0.25) is 9.84 Å². The van der Waals surface area contributed by atoms with Crippen LogP contribution in [0.4, 0.5) is 10.5 Å². The van der Waals surface area contributed by atoms with Crippen LogP contribution in [0.2, 0.25) is 0 Å². The van der Waals surface area contributed by atoms with Gasteiger partial charge in [0.15, 0.2) is 0 Å². The van der Waals surface area contributed by atoms with Crippen molar-refractivity contribution >= 4 is 21.6 Å². The number of nitrogens with one attached hydrogen (secondary N) is 3. The Balaban J connectivity index is 1.67. The van der Waals surface area contributed by atoms with Gasteiger partial charge in [-0.25, -0.2) is 13.2 Å². The monoisotopic (exact) mass is 370 g/mol. The summed E-state index contributed by atoms with van der Waals surface area (Å²) in [6.07, 6.45) is 3.30. The number of carbonyl (C=O) groups is 1. The predicted octanol–water partition coefficient (Wildman–Crippen LogP) is 2.87. The molecule has 0 unspecified atom stereocenters. The summed E-state index contributed by atoms with van der Waals surface area (Å²) in [6.45, 7) is 2.18. The van der Waals surface area contributed by atoms with Crippen LogP contribution >= 0.6 is 0 Å². The van der Waals surface area contributed by atoms with Gasteiger partial charge in [-0.1, -0.05) is 12.1 Å². The van der Waals surface area contributed by atoms with Gasteiger partial charge in [-0.2, -0.15) is 5.10 Å². The summed E-state index contributed by atoms with van der Waals surface area (Å²) >= 11 is 0. The second-order valence-electron chi connectivity index (χ2n) is 5.76. The molecule has 3 N–H and O–H groups in total. The van der Waals surface area contributed by atoms with Crippen molar-refractivity contribution < 1.29 is 13.2 Å². The third-order valence-electron chi connectivity index (χ3n) is 3.73. The molecule has 3 rings (SSSR count). The second kappa shape index (κ2) is 7.40. The van der Waals surface area contributed by atoms with Crippen LogP contribution in [0.1, 0.15) is 11.1 Å². The molecule has 1 heterocycles. The standard InChI is InChI=1S/C18H18N4O3S/c1-13-3-2-4-17(9-13)26(24,25)16-7-5-15(6-8-16)22-18(23)19-10-14-11-20-21-12-14/h2-9,11-12H,10H2,1H3,(H,20,21)(H2,19,22,23). The van der Waals surface area contributed by atoms with Gasteiger partial charge in [0, 0.05) is 24.0 Å². The summed E-state index contributed by atoms with van der Waals surface area (Å²) in [5.74, 6) is 0. The van der Waals surface area contributed by atoms with Crippen LogP contribution in [0.15, 0.2) is 70.7 Å². The van der Waals surface area contributed by atoms with E-state index in [4.69, 9.17) is 0 Å². The molecule has 0 atom stereocenters. The molecule has 0 saturated heterocycles. The average molecular weight is 370 g/mol. The molecule has 0 aliphatic heterocycles. The predicted molar refractivity (Wildman–Crippen MR) is 97.5 cm³/mol. The fraction of sp³-hybridized carbons (Fsp3) is 0.111. The zero-order chi connectivity index (χ0) is 18.6. The molecule has 8 heteroatoms. The molecule has 0 saturated carbocycles. The summed E-state index contributed by atoms with van der Waals surface area (Å²) < 4.78 is 25.3. The first-order valence-electron chi connectivity index (χ1n) is 7.89. The highest BCUT2D eigenvalue weighted by molar-refractivity contribution is 7.91. The molecule has 26 heavy (non-hydrogen) atoms. The number of carbonyl (C=O) groups excluding carboxylic acids is 1. The number of H-pyrrole nitrogens is 1. The fourth-order valence-electron chi connectivity index (χ4n) is 2.37. The molecule has 0 radical (unpaired) electrons. The van der Waals surface area contributed by atoms with Crippen LogP contribution in [0.25, 0.3) is 0 Å². The molecule has 3 aromatic rings. The normalized spacial score (nSPS) is 11.1. The second-order valence-corrected chi connectivity index (χ2v) is 7.71. The Labute approximate surface area is 151 Å². The summed E-state index contributed by atoms with van der Waals surface area (Å²) in [7, 11) is -3.59. The van der Waals surface area contributed by atoms with Gasteiger partial charge in [-0.15, -0.1) is 0 Å². The van der Waals surface area contributed by atoms with Gasteiger partial charge in [0.05, 0.1) is 16.0 Å². The van der Waals surface area contributed by atoms with Crippen molar-refractivity contribution in [1.82, 2.24) is 15.5 Å². The lowest BCUT2D eigenvalue weighted by Gasteiger charge is -2.09. The minimum absolute atomic E-state index is 0.174. The highest BCUT2D eigenvalue weighted by Gasteiger charge is 2.17. The van der Waals surface area contributed by atoms with Crippen LogP contribution in [0, 0.1) is 6.92 Å². The van der Waals surface area contributed by atoms with Gasteiger partial charge in [0.1, 0.15) is 0 Å². The zero-order valence-corrected chi connectivity index (χ0v) is 14.9. The summed E-state index contributed by atoms with van der Waals surface area (Å²) in [5, 5.41) is 11.8. The van der Waals surface area contributed by atoms with Crippen molar-refractivity contribution in [3.8, 4) is 0 Å². The maximum Gasteiger partial charge on any atom is 0.319 e. The van der Waals surface area contributed by atoms with Gasteiger partial charge in [-0.05, 0) is 48.9 Å². The van der Waals surface area contributed by atoms with E-state index in [2.05, 4.69) is 20.8 Å². The Hall–Kier alpha value is -3.13. The Morgan fingerprint density at radius 3 is 2.54 bits per heavy atom. The van der Waals surface area contributed by atoms with E-state index in [1.807, 2.05) is 13.0 Å². The number of hydrogen-bond acceptors (Lipinski definition) is 4. The number of sulfone groups is 1. The topological polar surface area (TPSA) is 104 Å². The lowest BCUT2D eigenvalue weighted by atomic mass is 10.2. The third-order valence-corrected chi connectivity index (χ3v) is 5.50. The molecule has 2 aromatic carbocycles. The van der Waals surface area contributed by atoms with E-state index in [0.717, 1.165) is 11.1 Å². The Kier molecular flexibility index (Phi) is 5.04. The Morgan fingerprint density at radius 1 is 1.12 bits per heavy atom. The molecule has 134 valence electrons. The Bertz CT molecular complexity index is 997. The SMILES string of the molecule is Cc1cccc(S(=O)(=O)c2ccc(NC(=O)NCc3cn[nH]c3)cc2)c1. The van der Waals surface area contributed by atoms with E-state index in [1.165, 1.54) is 12.1 Å². The first kappa shape index (κ1) is 17.7. The molecule has 2 amide bonds. The molecule has 0 bridgehead atoms. The smallest absolute Gasteiger partial charge is 0.319 e. The molecule has 0 aliphatic carbocycles. The highest BCUT2D eigenvalue weighted by atomic mass is 32.2. The number of hydrogen-bond donors (Lipinski definition) is 3. The van der Waals surface area contributed by atoms with E-state index < -0.39 is 9.84 Å². The van der Waals surface area contributed by atoms with Crippen molar-refractivity contribution in [2.24, 2.45) is 0 Å². The number of nitrogens with zero attached hydrogens (tertiary/aromatic N) is 1. The van der Waals surface area contributed by atoms with Crippen LogP contribution in [-0.2, 0) is 16.4 Å². The van der Waals surface area contributed by atoms with Gasteiger partial charge in [-0.3, -0.25) is 5.10 Å². The van der Waals surface area contributed by atoms with Gasteiger partial charge >= 0.3 is 6.03 Å². The molecular formula is C18H18N4O3S. The van der Waals surface area contributed by atoms with Crippen LogP contribution in [-0.4, -0.2) is 24.6 Å². The number of urea groups is 1. The number of amides is 2. The maximum atomic E-state index is 12.6. The van der Waals surface area contributed by atoms with E-state index in [0.29, 0.717) is 12.2 Å². The number of benzene rings is 2. The number of aromatic amines is 1. The van der Waals surface area contributed by atoms with E-state index in [-0.39, 0.29) is 15.8 Å². The van der Waals surface area contributed by atoms with Crippen molar-refractivity contribution in [2.45, 2.75) is 23.3 Å². The first-order valence-corrected chi connectivity index (χ1v) is 9.38. The number of aromatic nitrogens is 2. The largest absolute Gasteiger partial charge is 0.334 e. The van der Waals surface area contributed by atoms with E-state index in [9.17, 15) is 13.2 Å². The molecular weight excluding hydrogens is 352 g/mol. The highest BCUT2D eigenvalue weighted by Crippen LogP contribution is 2.23. The lowest BCUT2D eigenvalue weighted by Crippen LogP contribution is -2.28. The zero-order valence-electron chi connectivity index (χ0n) is 14.1. The molecule has 0 spiro atoms. The van der Waals surface area contributed by atoms with Crippen LogP contribution in [0.5, 0.6) is 0 Å². The summed E-state index contributed by atoms with van der Waals surface area (Å²) in [4.78, 5) is 12.3. The number of rotatable bonds is 5. The Morgan fingerprint density at radius 2 is 1.88 bits per heavy atom. The van der Waals surface area contributed by atoms with Crippen molar-refractivity contribution in [1.29, 1.82) is 0 Å². The lowest BCUT2D eigenvalue weighted by molar-refractivity contribution is 0.251. The number of aryl methyl sites for hydroxylation is 1. The molecule has 1 aromatic heterocycles. The third kappa shape index (κ3) is 4.09. The number of anilines is 1. The first-order chi connectivity index (χ1) is 12.4. The van der Waals surface area contributed by atoms with Crippen molar-refractivity contribution in [2.75, 3.05) is 5.32 Å². The van der Waals surface area contributed by atoms with Crippen molar-refractivity contribution in [3.63, 3.8) is 0 Å². The minimum atomic E-state index is -3.59. The van der Waals surface area contributed by atoms with Crippen LogP contribution < -0.4 is 10.6 Å². The average Bonchev–Trinajstić information content (AvgIpc) is 3.14. The van der Waals surface area contributed by atoms with E-state index in [1.54, 1.807) is 42.7 Å². The fourth-order valence-corrected chi connectivity index (χ4v) is 3.73. The van der Waals surface area contributed by atoms with Crippen LogP contribution in [0.3, 0.4) is 0 Å². The molecule has 0 fully saturated rings.